The Hall–Kier alpha value is -0.190. The maximum Gasteiger partial charge on any atom is 0.129 e. The van der Waals surface area contributed by atoms with E-state index in [9.17, 15) is 5.11 Å². The van der Waals surface area contributed by atoms with Gasteiger partial charge in [0.15, 0.2) is 0 Å². The summed E-state index contributed by atoms with van der Waals surface area (Å²) in [7, 11) is 0. The van der Waals surface area contributed by atoms with E-state index in [0.29, 0.717) is 10.5 Å². The number of hydrogen-bond acceptors (Lipinski definition) is 3. The molecular formula is C12H16BrNOS. The fourth-order valence-electron chi connectivity index (χ4n) is 1.69. The highest BCUT2D eigenvalue weighted by atomic mass is 79.9. The Morgan fingerprint density at radius 3 is 2.81 bits per heavy atom. The number of halogens is 1. The van der Waals surface area contributed by atoms with Crippen LogP contribution in [0.15, 0.2) is 22.7 Å². The van der Waals surface area contributed by atoms with Gasteiger partial charge in [-0.25, -0.2) is 0 Å². The van der Waals surface area contributed by atoms with Gasteiger partial charge in [0, 0.05) is 17.8 Å². The third kappa shape index (κ3) is 2.93. The van der Waals surface area contributed by atoms with Crippen molar-refractivity contribution >= 4 is 27.7 Å². The van der Waals surface area contributed by atoms with Crippen molar-refractivity contribution in [3.8, 4) is 5.75 Å². The lowest BCUT2D eigenvalue weighted by Crippen LogP contribution is -2.25. The average molecular weight is 302 g/mol. The molecule has 88 valence electrons. The number of rotatable bonds is 5. The molecule has 0 unspecified atom stereocenters. The van der Waals surface area contributed by atoms with Crippen molar-refractivity contribution < 1.29 is 5.11 Å². The molecule has 1 saturated carbocycles. The topological polar surface area (TPSA) is 32.3 Å². The van der Waals surface area contributed by atoms with E-state index in [-0.39, 0.29) is 0 Å². The monoisotopic (exact) mass is 301 g/mol. The zero-order chi connectivity index (χ0) is 11.6. The van der Waals surface area contributed by atoms with E-state index in [0.717, 1.165) is 17.6 Å². The van der Waals surface area contributed by atoms with Crippen molar-refractivity contribution in [2.45, 2.75) is 24.1 Å². The highest BCUT2D eigenvalue weighted by Gasteiger charge is 2.41. The molecule has 0 atom stereocenters. The first kappa shape index (κ1) is 12.3. The fourth-order valence-corrected chi connectivity index (χ4v) is 2.87. The molecule has 2 nitrogen and oxygen atoms in total. The van der Waals surface area contributed by atoms with Crippen LogP contribution in [-0.4, -0.2) is 22.7 Å². The molecule has 2 N–H and O–H groups in total. The van der Waals surface area contributed by atoms with Gasteiger partial charge in [-0.1, -0.05) is 6.07 Å². The van der Waals surface area contributed by atoms with Crippen LogP contribution in [0.1, 0.15) is 18.4 Å². The van der Waals surface area contributed by atoms with Gasteiger partial charge in [-0.3, -0.25) is 0 Å². The van der Waals surface area contributed by atoms with Gasteiger partial charge >= 0.3 is 0 Å². The molecule has 4 heteroatoms. The first-order chi connectivity index (χ1) is 7.65. The summed E-state index contributed by atoms with van der Waals surface area (Å²) in [5, 5.41) is 12.9. The predicted octanol–water partition coefficient (Wildman–Crippen LogP) is 3.14. The third-order valence-corrected chi connectivity index (χ3v) is 5.08. The predicted molar refractivity (Wildman–Crippen MR) is 73.0 cm³/mol. The van der Waals surface area contributed by atoms with Crippen molar-refractivity contribution in [2.24, 2.45) is 0 Å². The first-order valence-corrected chi connectivity index (χ1v) is 7.40. The van der Waals surface area contributed by atoms with E-state index in [1.807, 2.05) is 23.9 Å². The number of hydrogen-bond donors (Lipinski definition) is 2. The molecular weight excluding hydrogens is 286 g/mol. The van der Waals surface area contributed by atoms with Gasteiger partial charge in [-0.2, -0.15) is 11.8 Å². The second kappa shape index (κ2) is 4.98. The van der Waals surface area contributed by atoms with Crippen molar-refractivity contribution in [3.63, 3.8) is 0 Å². The molecule has 1 fully saturated rings. The highest BCUT2D eigenvalue weighted by molar-refractivity contribution is 9.10. The standard InChI is InChI=1S/C12H16BrNOS/c1-16-12(4-5-12)8-14-7-9-2-3-11(15)10(13)6-9/h2-3,6,14-15H,4-5,7-8H2,1H3. The van der Waals surface area contributed by atoms with E-state index in [1.165, 1.54) is 18.4 Å². The van der Waals surface area contributed by atoms with Gasteiger partial charge < -0.3 is 10.4 Å². The third-order valence-electron chi connectivity index (χ3n) is 3.03. The van der Waals surface area contributed by atoms with Crippen LogP contribution in [0.25, 0.3) is 0 Å². The van der Waals surface area contributed by atoms with Gasteiger partial charge in [0.25, 0.3) is 0 Å². The summed E-state index contributed by atoms with van der Waals surface area (Å²) in [6.07, 6.45) is 4.85. The van der Waals surface area contributed by atoms with Crippen molar-refractivity contribution in [1.82, 2.24) is 5.32 Å². The molecule has 0 amide bonds. The molecule has 0 aromatic heterocycles. The molecule has 0 heterocycles. The summed E-state index contributed by atoms with van der Waals surface area (Å²) in [6.45, 7) is 1.94. The summed E-state index contributed by atoms with van der Waals surface area (Å²) in [6, 6.07) is 5.63. The van der Waals surface area contributed by atoms with Crippen LogP contribution < -0.4 is 5.32 Å². The second-order valence-electron chi connectivity index (χ2n) is 4.28. The molecule has 2 rings (SSSR count). The zero-order valence-corrected chi connectivity index (χ0v) is 11.7. The number of phenolic OH excluding ortho intramolecular Hbond substituents is 1. The maximum absolute atomic E-state index is 9.38. The minimum atomic E-state index is 0.298. The number of benzene rings is 1. The highest BCUT2D eigenvalue weighted by Crippen LogP contribution is 2.46. The van der Waals surface area contributed by atoms with E-state index in [2.05, 4.69) is 27.5 Å². The molecule has 1 aromatic rings. The molecule has 0 spiro atoms. The quantitative estimate of drug-likeness (QED) is 0.876. The molecule has 1 aliphatic carbocycles. The lowest BCUT2D eigenvalue weighted by Gasteiger charge is -2.13. The average Bonchev–Trinajstić information content (AvgIpc) is 3.04. The molecule has 0 aliphatic heterocycles. The Kier molecular flexibility index (Phi) is 3.82. The number of nitrogens with one attached hydrogen (secondary N) is 1. The molecule has 0 bridgehead atoms. The van der Waals surface area contributed by atoms with Gasteiger partial charge in [0.05, 0.1) is 4.47 Å². The molecule has 1 aromatic carbocycles. The smallest absolute Gasteiger partial charge is 0.129 e. The van der Waals surface area contributed by atoms with Crippen LogP contribution in [-0.2, 0) is 6.54 Å². The van der Waals surface area contributed by atoms with E-state index >= 15 is 0 Å². The number of phenols is 1. The van der Waals surface area contributed by atoms with Gasteiger partial charge in [-0.15, -0.1) is 0 Å². The number of aromatic hydroxyl groups is 1. The van der Waals surface area contributed by atoms with E-state index in [4.69, 9.17) is 0 Å². The summed E-state index contributed by atoms with van der Waals surface area (Å²) < 4.78 is 1.27. The first-order valence-electron chi connectivity index (χ1n) is 5.38. The van der Waals surface area contributed by atoms with E-state index in [1.54, 1.807) is 6.07 Å². The van der Waals surface area contributed by atoms with E-state index < -0.39 is 0 Å². The molecule has 0 saturated heterocycles. The molecule has 0 radical (unpaired) electrons. The molecule has 1 aliphatic rings. The Morgan fingerprint density at radius 2 is 2.25 bits per heavy atom. The lowest BCUT2D eigenvalue weighted by atomic mass is 10.2. The zero-order valence-electron chi connectivity index (χ0n) is 9.29. The van der Waals surface area contributed by atoms with Crippen molar-refractivity contribution in [3.05, 3.63) is 28.2 Å². The van der Waals surface area contributed by atoms with Gasteiger partial charge in [-0.05, 0) is 52.7 Å². The minimum absolute atomic E-state index is 0.298. The largest absolute Gasteiger partial charge is 0.507 e. The maximum atomic E-state index is 9.38. The summed E-state index contributed by atoms with van der Waals surface area (Å²) >= 11 is 5.29. The lowest BCUT2D eigenvalue weighted by molar-refractivity contribution is 0.471. The minimum Gasteiger partial charge on any atom is -0.507 e. The van der Waals surface area contributed by atoms with Crippen LogP contribution >= 0.6 is 27.7 Å². The number of thioether (sulfide) groups is 1. The van der Waals surface area contributed by atoms with Crippen LogP contribution in [0, 0.1) is 0 Å². The van der Waals surface area contributed by atoms with Gasteiger partial charge in [0.1, 0.15) is 5.75 Å². The Morgan fingerprint density at radius 1 is 1.50 bits per heavy atom. The second-order valence-corrected chi connectivity index (χ2v) is 6.41. The van der Waals surface area contributed by atoms with Crippen LogP contribution in [0.2, 0.25) is 0 Å². The van der Waals surface area contributed by atoms with Crippen molar-refractivity contribution in [2.75, 3.05) is 12.8 Å². The summed E-state index contributed by atoms with van der Waals surface area (Å²) in [4.78, 5) is 0. The van der Waals surface area contributed by atoms with Crippen molar-refractivity contribution in [1.29, 1.82) is 0 Å². The Balaban J connectivity index is 1.83. The Bertz CT molecular complexity index is 379. The fraction of sp³-hybridized carbons (Fsp3) is 0.500. The summed E-state index contributed by atoms with van der Waals surface area (Å²) in [5.41, 5.74) is 1.20. The Labute approximate surface area is 109 Å². The molecule has 16 heavy (non-hydrogen) atoms. The van der Waals surface area contributed by atoms with Crippen LogP contribution in [0.4, 0.5) is 0 Å². The van der Waals surface area contributed by atoms with Gasteiger partial charge in [0.2, 0.25) is 0 Å². The normalized spacial score (nSPS) is 17.4. The summed E-state index contributed by atoms with van der Waals surface area (Å²) in [5.74, 6) is 0.298. The van der Waals surface area contributed by atoms with Crippen LogP contribution in [0.5, 0.6) is 5.75 Å². The SMILES string of the molecule is CSC1(CNCc2ccc(O)c(Br)c2)CC1. The van der Waals surface area contributed by atoms with Crippen LogP contribution in [0.3, 0.4) is 0 Å².